The van der Waals surface area contributed by atoms with Gasteiger partial charge in [-0.05, 0) is 19.1 Å². The molecule has 0 radical (unpaired) electrons. The maximum atomic E-state index is 14.0. The predicted molar refractivity (Wildman–Crippen MR) is 74.8 cm³/mol. The molecule has 7 heteroatoms. The van der Waals surface area contributed by atoms with Crippen LogP contribution in [-0.4, -0.2) is 28.9 Å². The van der Waals surface area contributed by atoms with Crippen LogP contribution < -0.4 is 5.32 Å². The summed E-state index contributed by atoms with van der Waals surface area (Å²) in [7, 11) is 0. The Balaban J connectivity index is 2.16. The Bertz CT molecular complexity index is 728. The number of nitrogens with one attached hydrogen (secondary N) is 1. The summed E-state index contributed by atoms with van der Waals surface area (Å²) >= 11 is 0. The standard InChI is InChI=1S/C15H15F2N3O2/c1-2-22-15(21)14-10-8-18-6-5-12(10)20(19-14)13-7-9(16)3-4-11(13)17/h3-4,7,18H,2,5-6,8H2,1H3. The fourth-order valence-electron chi connectivity index (χ4n) is 2.56. The van der Waals surface area contributed by atoms with Crippen molar-refractivity contribution in [2.45, 2.75) is 19.9 Å². The summed E-state index contributed by atoms with van der Waals surface area (Å²) < 4.78 is 33.8. The van der Waals surface area contributed by atoms with Crippen LogP contribution in [0.3, 0.4) is 0 Å². The highest BCUT2D eigenvalue weighted by molar-refractivity contribution is 5.89. The maximum Gasteiger partial charge on any atom is 0.359 e. The van der Waals surface area contributed by atoms with E-state index in [1.54, 1.807) is 6.92 Å². The van der Waals surface area contributed by atoms with Gasteiger partial charge < -0.3 is 10.1 Å². The largest absolute Gasteiger partial charge is 0.461 e. The third-order valence-corrected chi connectivity index (χ3v) is 3.54. The summed E-state index contributed by atoms with van der Waals surface area (Å²) in [6.07, 6.45) is 0.567. The second-order valence-electron chi connectivity index (χ2n) is 4.93. The number of ether oxygens (including phenoxy) is 1. The molecule has 1 aliphatic heterocycles. The summed E-state index contributed by atoms with van der Waals surface area (Å²) in [4.78, 5) is 12.0. The number of rotatable bonds is 3. The van der Waals surface area contributed by atoms with Crippen LogP contribution in [0, 0.1) is 11.6 Å². The van der Waals surface area contributed by atoms with E-state index < -0.39 is 17.6 Å². The minimum Gasteiger partial charge on any atom is -0.461 e. The van der Waals surface area contributed by atoms with Crippen molar-refractivity contribution >= 4 is 5.97 Å². The van der Waals surface area contributed by atoms with Gasteiger partial charge in [-0.1, -0.05) is 0 Å². The second kappa shape index (κ2) is 5.84. The van der Waals surface area contributed by atoms with Gasteiger partial charge in [0.2, 0.25) is 0 Å². The Morgan fingerprint density at radius 1 is 1.45 bits per heavy atom. The molecule has 0 amide bonds. The highest BCUT2D eigenvalue weighted by atomic mass is 19.1. The van der Waals surface area contributed by atoms with Gasteiger partial charge in [0.05, 0.1) is 12.3 Å². The van der Waals surface area contributed by atoms with Gasteiger partial charge in [0, 0.05) is 31.1 Å². The third kappa shape index (κ3) is 2.48. The van der Waals surface area contributed by atoms with Gasteiger partial charge in [-0.2, -0.15) is 5.10 Å². The SMILES string of the molecule is CCOC(=O)c1nn(-c2cc(F)ccc2F)c2c1CNCC2. The Labute approximate surface area is 125 Å². The number of hydrogen-bond acceptors (Lipinski definition) is 4. The van der Waals surface area contributed by atoms with E-state index in [2.05, 4.69) is 10.4 Å². The number of nitrogens with zero attached hydrogens (tertiary/aromatic N) is 2. The second-order valence-corrected chi connectivity index (χ2v) is 4.93. The Morgan fingerprint density at radius 2 is 2.27 bits per heavy atom. The molecule has 3 rings (SSSR count). The molecule has 0 spiro atoms. The van der Waals surface area contributed by atoms with Crippen molar-refractivity contribution in [3.8, 4) is 5.69 Å². The number of carbonyl (C=O) groups is 1. The van der Waals surface area contributed by atoms with Crippen molar-refractivity contribution in [1.82, 2.24) is 15.1 Å². The molecular weight excluding hydrogens is 292 g/mol. The fraction of sp³-hybridized carbons (Fsp3) is 0.333. The van der Waals surface area contributed by atoms with Crippen LogP contribution in [0.25, 0.3) is 5.69 Å². The first-order valence-corrected chi connectivity index (χ1v) is 7.06. The number of fused-ring (bicyclic) bond motifs is 1. The molecule has 0 saturated heterocycles. The molecule has 2 aromatic rings. The number of aromatic nitrogens is 2. The summed E-state index contributed by atoms with van der Waals surface area (Å²) in [5.41, 5.74) is 1.51. The van der Waals surface area contributed by atoms with E-state index in [4.69, 9.17) is 4.74 Å². The average Bonchev–Trinajstić information content (AvgIpc) is 2.90. The number of esters is 1. The average molecular weight is 307 g/mol. The van der Waals surface area contributed by atoms with E-state index in [1.165, 1.54) is 4.68 Å². The Morgan fingerprint density at radius 3 is 3.05 bits per heavy atom. The molecule has 1 N–H and O–H groups in total. The van der Waals surface area contributed by atoms with E-state index >= 15 is 0 Å². The van der Waals surface area contributed by atoms with Crippen LogP contribution in [0.15, 0.2) is 18.2 Å². The lowest BCUT2D eigenvalue weighted by atomic mass is 10.1. The van der Waals surface area contributed by atoms with Crippen molar-refractivity contribution in [2.75, 3.05) is 13.2 Å². The number of hydrogen-bond donors (Lipinski definition) is 1. The molecule has 0 unspecified atom stereocenters. The summed E-state index contributed by atoms with van der Waals surface area (Å²) in [6, 6.07) is 3.16. The minimum absolute atomic E-state index is 0.00583. The van der Waals surface area contributed by atoms with Gasteiger partial charge >= 0.3 is 5.97 Å². The van der Waals surface area contributed by atoms with E-state index in [0.717, 1.165) is 18.2 Å². The normalized spacial score (nSPS) is 13.8. The zero-order valence-electron chi connectivity index (χ0n) is 12.0. The van der Waals surface area contributed by atoms with Gasteiger partial charge in [0.25, 0.3) is 0 Å². The Hall–Kier alpha value is -2.28. The predicted octanol–water partition coefficient (Wildman–Crippen LogP) is 1.97. The maximum absolute atomic E-state index is 14.0. The zero-order chi connectivity index (χ0) is 15.7. The lowest BCUT2D eigenvalue weighted by Crippen LogP contribution is -2.25. The monoisotopic (exact) mass is 307 g/mol. The van der Waals surface area contributed by atoms with Crippen molar-refractivity contribution < 1.29 is 18.3 Å². The molecule has 5 nitrogen and oxygen atoms in total. The van der Waals surface area contributed by atoms with Gasteiger partial charge in [0.15, 0.2) is 5.69 Å². The van der Waals surface area contributed by atoms with Crippen LogP contribution in [-0.2, 0) is 17.7 Å². The topological polar surface area (TPSA) is 56.1 Å². The molecule has 0 aliphatic carbocycles. The molecule has 0 bridgehead atoms. The lowest BCUT2D eigenvalue weighted by Gasteiger charge is -2.15. The first kappa shape index (κ1) is 14.6. The molecule has 1 aromatic heterocycles. The van der Waals surface area contributed by atoms with Crippen LogP contribution in [0.2, 0.25) is 0 Å². The molecule has 1 aliphatic rings. The van der Waals surface area contributed by atoms with Crippen LogP contribution in [0.1, 0.15) is 28.7 Å². The molecule has 0 atom stereocenters. The zero-order valence-corrected chi connectivity index (χ0v) is 12.0. The third-order valence-electron chi connectivity index (χ3n) is 3.54. The van der Waals surface area contributed by atoms with Crippen LogP contribution in [0.5, 0.6) is 0 Å². The Kier molecular flexibility index (Phi) is 3.89. The van der Waals surface area contributed by atoms with Crippen molar-refractivity contribution in [2.24, 2.45) is 0 Å². The molecular formula is C15H15F2N3O2. The lowest BCUT2D eigenvalue weighted by molar-refractivity contribution is 0.0517. The number of halogens is 2. The smallest absolute Gasteiger partial charge is 0.359 e. The first-order valence-electron chi connectivity index (χ1n) is 7.06. The molecule has 0 fully saturated rings. The first-order chi connectivity index (χ1) is 10.6. The minimum atomic E-state index is -0.597. The van der Waals surface area contributed by atoms with Gasteiger partial charge in [-0.25, -0.2) is 18.3 Å². The molecule has 116 valence electrons. The molecule has 0 saturated carbocycles. The van der Waals surface area contributed by atoms with E-state index in [9.17, 15) is 13.6 Å². The van der Waals surface area contributed by atoms with Crippen LogP contribution >= 0.6 is 0 Å². The van der Waals surface area contributed by atoms with Crippen molar-refractivity contribution in [3.05, 3.63) is 46.8 Å². The van der Waals surface area contributed by atoms with Gasteiger partial charge in [-0.15, -0.1) is 0 Å². The quantitative estimate of drug-likeness (QED) is 0.881. The van der Waals surface area contributed by atoms with Gasteiger partial charge in [-0.3, -0.25) is 0 Å². The summed E-state index contributed by atoms with van der Waals surface area (Å²) in [5.74, 6) is -1.72. The highest BCUT2D eigenvalue weighted by Crippen LogP contribution is 2.24. The summed E-state index contributed by atoms with van der Waals surface area (Å²) in [6.45, 7) is 3.05. The van der Waals surface area contributed by atoms with Crippen molar-refractivity contribution in [1.29, 1.82) is 0 Å². The van der Waals surface area contributed by atoms with Crippen molar-refractivity contribution in [3.63, 3.8) is 0 Å². The molecule has 1 aromatic carbocycles. The van der Waals surface area contributed by atoms with E-state index in [1.807, 2.05) is 0 Å². The van der Waals surface area contributed by atoms with Gasteiger partial charge in [0.1, 0.15) is 17.3 Å². The van der Waals surface area contributed by atoms with E-state index in [0.29, 0.717) is 30.8 Å². The van der Waals surface area contributed by atoms with Crippen LogP contribution in [0.4, 0.5) is 8.78 Å². The molecule has 22 heavy (non-hydrogen) atoms. The fourth-order valence-corrected chi connectivity index (χ4v) is 2.56. The molecule has 2 heterocycles. The van der Waals surface area contributed by atoms with E-state index in [-0.39, 0.29) is 18.0 Å². The number of carbonyl (C=O) groups excluding carboxylic acids is 1. The summed E-state index contributed by atoms with van der Waals surface area (Å²) in [5, 5.41) is 7.32. The number of benzene rings is 1. The highest BCUT2D eigenvalue weighted by Gasteiger charge is 2.27.